The molecule has 0 aliphatic carbocycles. The molecule has 1 N–H and O–H groups in total. The zero-order valence-corrected chi connectivity index (χ0v) is 15.7. The van der Waals surface area contributed by atoms with Gasteiger partial charge in [0.15, 0.2) is 0 Å². The molecule has 3 aromatic rings. The molecule has 1 aromatic carbocycles. The molecule has 3 rings (SSSR count). The van der Waals surface area contributed by atoms with E-state index in [2.05, 4.69) is 15.5 Å². The van der Waals surface area contributed by atoms with Crippen molar-refractivity contribution >= 4 is 27.1 Å². The van der Waals surface area contributed by atoms with Crippen molar-refractivity contribution in [3.05, 3.63) is 63.9 Å². The van der Waals surface area contributed by atoms with Crippen LogP contribution >= 0.6 is 11.3 Å². The van der Waals surface area contributed by atoms with Crippen LogP contribution in [0.2, 0.25) is 0 Å². The molecule has 2 heterocycles. The molecule has 0 unspecified atom stereocenters. The number of hydrogen-bond acceptors (Lipinski definition) is 7. The summed E-state index contributed by atoms with van der Waals surface area (Å²) in [7, 11) is -3.94. The fraction of sp³-hybridized carbons (Fsp3) is 0.235. The Morgan fingerprint density at radius 2 is 2.00 bits per heavy atom. The minimum absolute atomic E-state index is 0.0357. The Labute approximate surface area is 159 Å². The number of rotatable bonds is 8. The van der Waals surface area contributed by atoms with E-state index in [4.69, 9.17) is 4.42 Å². The summed E-state index contributed by atoms with van der Waals surface area (Å²) in [5.74, 6) is -1.18. The minimum atomic E-state index is -3.94. The van der Waals surface area contributed by atoms with E-state index >= 15 is 0 Å². The molecule has 0 aliphatic rings. The topological polar surface area (TPSA) is 102 Å². The standard InChI is InChI=1S/C17H16FN3O4S2/c18-13-6-2-1-5-12(13)11-27(23,24)17-21-20-15(25-17)8-3-9-19-16(22)14-7-4-10-26-14/h1-2,4-7,10H,3,8-9,11H2,(H,19,22). The predicted molar refractivity (Wildman–Crippen MR) is 96.6 cm³/mol. The second kappa shape index (κ2) is 8.40. The van der Waals surface area contributed by atoms with Crippen molar-refractivity contribution in [3.63, 3.8) is 0 Å². The van der Waals surface area contributed by atoms with E-state index in [-0.39, 0.29) is 17.4 Å². The Morgan fingerprint density at radius 1 is 1.19 bits per heavy atom. The molecule has 0 saturated carbocycles. The highest BCUT2D eigenvalue weighted by Crippen LogP contribution is 2.18. The lowest BCUT2D eigenvalue weighted by Crippen LogP contribution is -2.23. The monoisotopic (exact) mass is 409 g/mol. The zero-order chi connectivity index (χ0) is 19.3. The third-order valence-electron chi connectivity index (χ3n) is 3.62. The van der Waals surface area contributed by atoms with Gasteiger partial charge in [-0.25, -0.2) is 12.8 Å². The van der Waals surface area contributed by atoms with Gasteiger partial charge < -0.3 is 9.73 Å². The van der Waals surface area contributed by atoms with Gasteiger partial charge >= 0.3 is 5.22 Å². The summed E-state index contributed by atoms with van der Waals surface area (Å²) in [4.78, 5) is 12.4. The first-order chi connectivity index (χ1) is 13.0. The summed E-state index contributed by atoms with van der Waals surface area (Å²) in [5, 5.41) is 11.3. The van der Waals surface area contributed by atoms with Crippen LogP contribution in [0.5, 0.6) is 0 Å². The van der Waals surface area contributed by atoms with Crippen LogP contribution in [0, 0.1) is 5.82 Å². The maximum absolute atomic E-state index is 13.6. The summed E-state index contributed by atoms with van der Waals surface area (Å²) >= 11 is 1.35. The van der Waals surface area contributed by atoms with Crippen LogP contribution in [0.1, 0.15) is 27.5 Å². The highest BCUT2D eigenvalue weighted by molar-refractivity contribution is 7.90. The van der Waals surface area contributed by atoms with Crippen molar-refractivity contribution in [2.75, 3.05) is 6.54 Å². The van der Waals surface area contributed by atoms with Gasteiger partial charge in [0.25, 0.3) is 5.91 Å². The summed E-state index contributed by atoms with van der Waals surface area (Å²) in [6, 6.07) is 9.13. The van der Waals surface area contributed by atoms with Crippen molar-refractivity contribution in [1.82, 2.24) is 15.5 Å². The summed E-state index contributed by atoms with van der Waals surface area (Å²) < 4.78 is 43.4. The largest absolute Gasteiger partial charge is 0.413 e. The number of benzene rings is 1. The van der Waals surface area contributed by atoms with Crippen molar-refractivity contribution < 1.29 is 22.0 Å². The molecular formula is C17H16FN3O4S2. The summed E-state index contributed by atoms with van der Waals surface area (Å²) in [5.41, 5.74) is 0.0357. The number of carbonyl (C=O) groups is 1. The molecule has 10 heteroatoms. The SMILES string of the molecule is O=C(NCCCc1nnc(S(=O)(=O)Cc2ccccc2F)o1)c1cccs1. The number of thiophene rings is 1. The highest BCUT2D eigenvalue weighted by Gasteiger charge is 2.24. The van der Waals surface area contributed by atoms with E-state index in [0.29, 0.717) is 24.3 Å². The maximum Gasteiger partial charge on any atom is 0.335 e. The quantitative estimate of drug-likeness (QED) is 0.574. The van der Waals surface area contributed by atoms with Gasteiger partial charge in [-0.3, -0.25) is 4.79 Å². The molecule has 0 fully saturated rings. The number of halogens is 1. The summed E-state index contributed by atoms with van der Waals surface area (Å²) in [6.45, 7) is 0.385. The predicted octanol–water partition coefficient (Wildman–Crippen LogP) is 2.61. The number of nitrogens with one attached hydrogen (secondary N) is 1. The fourth-order valence-corrected chi connectivity index (χ4v) is 4.08. The Morgan fingerprint density at radius 3 is 2.74 bits per heavy atom. The van der Waals surface area contributed by atoms with E-state index in [9.17, 15) is 17.6 Å². The van der Waals surface area contributed by atoms with Gasteiger partial charge in [-0.05, 0) is 23.9 Å². The molecule has 0 bridgehead atoms. The second-order valence-electron chi connectivity index (χ2n) is 5.65. The number of aromatic nitrogens is 2. The van der Waals surface area contributed by atoms with Gasteiger partial charge in [0.05, 0.1) is 10.6 Å². The molecule has 0 saturated heterocycles. The Bertz CT molecular complexity index is 1020. The average molecular weight is 409 g/mol. The Hall–Kier alpha value is -2.59. The average Bonchev–Trinajstić information content (AvgIpc) is 3.32. The first-order valence-electron chi connectivity index (χ1n) is 8.06. The molecule has 7 nitrogen and oxygen atoms in total. The molecule has 0 atom stereocenters. The zero-order valence-electron chi connectivity index (χ0n) is 14.1. The van der Waals surface area contributed by atoms with Crippen LogP contribution in [0.15, 0.2) is 51.4 Å². The smallest absolute Gasteiger partial charge is 0.335 e. The Kier molecular flexibility index (Phi) is 5.97. The first kappa shape index (κ1) is 19.2. The van der Waals surface area contributed by atoms with Crippen molar-refractivity contribution in [1.29, 1.82) is 0 Å². The van der Waals surface area contributed by atoms with Gasteiger partial charge in [-0.1, -0.05) is 29.4 Å². The number of aryl methyl sites for hydroxylation is 1. The molecule has 1 amide bonds. The van der Waals surface area contributed by atoms with Crippen LogP contribution in [0.4, 0.5) is 4.39 Å². The minimum Gasteiger partial charge on any atom is -0.413 e. The molecule has 0 radical (unpaired) electrons. The van der Waals surface area contributed by atoms with Gasteiger partial charge in [0.2, 0.25) is 15.7 Å². The van der Waals surface area contributed by atoms with E-state index in [1.807, 2.05) is 5.38 Å². The third kappa shape index (κ3) is 4.98. The van der Waals surface area contributed by atoms with Crippen molar-refractivity contribution in [2.45, 2.75) is 23.8 Å². The van der Waals surface area contributed by atoms with E-state index < -0.39 is 26.6 Å². The second-order valence-corrected chi connectivity index (χ2v) is 8.46. The lowest BCUT2D eigenvalue weighted by atomic mass is 10.2. The normalized spacial score (nSPS) is 11.4. The van der Waals surface area contributed by atoms with Crippen LogP contribution in [0.25, 0.3) is 0 Å². The number of sulfone groups is 1. The third-order valence-corrected chi connectivity index (χ3v) is 5.87. The molecule has 2 aromatic heterocycles. The summed E-state index contributed by atoms with van der Waals surface area (Å²) in [6.07, 6.45) is 0.819. The number of amides is 1. The van der Waals surface area contributed by atoms with E-state index in [1.54, 1.807) is 18.2 Å². The number of carbonyl (C=O) groups excluding carboxylic acids is 1. The van der Waals surface area contributed by atoms with Gasteiger partial charge in [0, 0.05) is 18.5 Å². The molecule has 27 heavy (non-hydrogen) atoms. The van der Waals surface area contributed by atoms with Crippen LogP contribution in [-0.4, -0.2) is 31.1 Å². The molecule has 0 spiro atoms. The highest BCUT2D eigenvalue weighted by atomic mass is 32.2. The van der Waals surface area contributed by atoms with Gasteiger partial charge in [0.1, 0.15) is 5.82 Å². The van der Waals surface area contributed by atoms with Crippen molar-refractivity contribution in [2.24, 2.45) is 0 Å². The van der Waals surface area contributed by atoms with Crippen LogP contribution in [-0.2, 0) is 22.0 Å². The molecular weight excluding hydrogens is 393 g/mol. The number of nitrogens with zero attached hydrogens (tertiary/aromatic N) is 2. The van der Waals surface area contributed by atoms with Gasteiger partial charge in [-0.15, -0.1) is 16.4 Å². The number of hydrogen-bond donors (Lipinski definition) is 1. The van der Waals surface area contributed by atoms with E-state index in [1.165, 1.54) is 29.5 Å². The Balaban J connectivity index is 1.53. The molecule has 0 aliphatic heterocycles. The molecule has 142 valence electrons. The van der Waals surface area contributed by atoms with E-state index in [0.717, 1.165) is 0 Å². The van der Waals surface area contributed by atoms with Gasteiger partial charge in [-0.2, -0.15) is 0 Å². The van der Waals surface area contributed by atoms with Crippen LogP contribution in [0.3, 0.4) is 0 Å². The maximum atomic E-state index is 13.6. The lowest BCUT2D eigenvalue weighted by molar-refractivity contribution is 0.0957. The lowest BCUT2D eigenvalue weighted by Gasteiger charge is -2.02. The van der Waals surface area contributed by atoms with Crippen molar-refractivity contribution in [3.8, 4) is 0 Å². The first-order valence-corrected chi connectivity index (χ1v) is 10.6. The fourth-order valence-electron chi connectivity index (χ4n) is 2.28. The van der Waals surface area contributed by atoms with Crippen LogP contribution < -0.4 is 5.32 Å².